The molecule has 0 aliphatic rings. The van der Waals surface area contributed by atoms with Gasteiger partial charge in [-0.15, -0.1) is 0 Å². The maximum absolute atomic E-state index is 12.9. The Balaban J connectivity index is 1.68. The highest BCUT2D eigenvalue weighted by atomic mass is 32.2. The smallest absolute Gasteiger partial charge is 0.265 e. The Morgan fingerprint density at radius 1 is 1.14 bits per heavy atom. The zero-order valence-electron chi connectivity index (χ0n) is 16.1. The lowest BCUT2D eigenvalue weighted by Crippen LogP contribution is -2.16. The summed E-state index contributed by atoms with van der Waals surface area (Å²) in [7, 11) is -2.13. The first kappa shape index (κ1) is 19.1. The average molecular weight is 412 g/mol. The van der Waals surface area contributed by atoms with Gasteiger partial charge in [0.2, 0.25) is 0 Å². The van der Waals surface area contributed by atoms with Crippen LogP contribution in [-0.2, 0) is 22.7 Å². The molecule has 29 heavy (non-hydrogen) atoms. The molecule has 150 valence electrons. The molecular weight excluding hydrogens is 392 g/mol. The molecule has 9 nitrogen and oxygen atoms in total. The second kappa shape index (κ2) is 6.68. The maximum Gasteiger partial charge on any atom is 0.265 e. The number of hydrogen-bond acceptors (Lipinski definition) is 6. The third-order valence-corrected chi connectivity index (χ3v) is 5.88. The van der Waals surface area contributed by atoms with Crippen molar-refractivity contribution >= 4 is 26.6 Å². The average Bonchev–Trinajstić information content (AvgIpc) is 3.30. The minimum atomic E-state index is -3.88. The number of aliphatic hydroxyl groups is 1. The van der Waals surface area contributed by atoms with Crippen LogP contribution in [0, 0.1) is 0 Å². The van der Waals surface area contributed by atoms with Crippen molar-refractivity contribution in [2.24, 2.45) is 7.05 Å². The van der Waals surface area contributed by atoms with Crippen molar-refractivity contribution in [1.29, 1.82) is 0 Å². The van der Waals surface area contributed by atoms with E-state index in [1.54, 1.807) is 62.2 Å². The lowest BCUT2D eigenvalue weighted by Gasteiger charge is -2.17. The SMILES string of the molecule is Cn1ncc2cccc(NS(=O)(=O)c3cnn(-c4cc(C(C)(C)O)ccn4)c3)c21. The lowest BCUT2D eigenvalue weighted by atomic mass is 10.00. The van der Waals surface area contributed by atoms with Crippen LogP contribution in [0.1, 0.15) is 19.4 Å². The number of sulfonamides is 1. The summed E-state index contributed by atoms with van der Waals surface area (Å²) >= 11 is 0. The number of benzene rings is 1. The van der Waals surface area contributed by atoms with Crippen LogP contribution in [0.4, 0.5) is 5.69 Å². The van der Waals surface area contributed by atoms with Crippen molar-refractivity contribution in [1.82, 2.24) is 24.5 Å². The molecule has 0 spiro atoms. The number of nitrogens with one attached hydrogen (secondary N) is 1. The van der Waals surface area contributed by atoms with Crippen molar-refractivity contribution in [3.63, 3.8) is 0 Å². The molecule has 0 aliphatic heterocycles. The highest BCUT2D eigenvalue weighted by Gasteiger charge is 2.21. The fourth-order valence-corrected chi connectivity index (χ4v) is 4.01. The van der Waals surface area contributed by atoms with Crippen LogP contribution in [-0.4, -0.2) is 38.1 Å². The minimum Gasteiger partial charge on any atom is -0.386 e. The molecule has 0 radical (unpaired) electrons. The molecule has 0 unspecified atom stereocenters. The van der Waals surface area contributed by atoms with E-state index >= 15 is 0 Å². The number of fused-ring (bicyclic) bond motifs is 1. The molecule has 0 fully saturated rings. The van der Waals surface area contributed by atoms with Crippen LogP contribution in [0.15, 0.2) is 60.0 Å². The lowest BCUT2D eigenvalue weighted by molar-refractivity contribution is 0.0785. The van der Waals surface area contributed by atoms with Crippen molar-refractivity contribution in [3.05, 3.63) is 60.7 Å². The third kappa shape index (κ3) is 3.59. The van der Waals surface area contributed by atoms with Gasteiger partial charge in [0.1, 0.15) is 4.90 Å². The topological polar surface area (TPSA) is 115 Å². The Kier molecular flexibility index (Phi) is 4.39. The number of aryl methyl sites for hydroxylation is 1. The van der Waals surface area contributed by atoms with Gasteiger partial charge >= 0.3 is 0 Å². The number of pyridine rings is 1. The molecule has 10 heteroatoms. The van der Waals surface area contributed by atoms with Crippen molar-refractivity contribution < 1.29 is 13.5 Å². The first-order valence-corrected chi connectivity index (χ1v) is 10.3. The minimum absolute atomic E-state index is 0.00728. The molecular formula is C19H20N6O3S. The van der Waals surface area contributed by atoms with Gasteiger partial charge in [-0.05, 0) is 37.6 Å². The van der Waals surface area contributed by atoms with E-state index in [9.17, 15) is 13.5 Å². The molecule has 4 rings (SSSR count). The van der Waals surface area contributed by atoms with Crippen LogP contribution in [0.5, 0.6) is 0 Å². The molecule has 4 aromatic rings. The van der Waals surface area contributed by atoms with E-state index in [1.165, 1.54) is 17.1 Å². The largest absolute Gasteiger partial charge is 0.386 e. The van der Waals surface area contributed by atoms with Crippen molar-refractivity contribution in [2.75, 3.05) is 4.72 Å². The normalized spacial score (nSPS) is 12.4. The maximum atomic E-state index is 12.9. The van der Waals surface area contributed by atoms with Gasteiger partial charge < -0.3 is 5.11 Å². The predicted octanol–water partition coefficient (Wildman–Crippen LogP) is 2.18. The summed E-state index contributed by atoms with van der Waals surface area (Å²) in [6, 6.07) is 8.66. The molecule has 3 aromatic heterocycles. The third-order valence-electron chi connectivity index (χ3n) is 4.56. The molecule has 0 bridgehead atoms. The zero-order valence-corrected chi connectivity index (χ0v) is 16.9. The van der Waals surface area contributed by atoms with Gasteiger partial charge in [-0.2, -0.15) is 10.2 Å². The summed E-state index contributed by atoms with van der Waals surface area (Å²) in [6.45, 7) is 3.32. The van der Waals surface area contributed by atoms with E-state index in [-0.39, 0.29) is 4.90 Å². The highest BCUT2D eigenvalue weighted by molar-refractivity contribution is 7.92. The summed E-state index contributed by atoms with van der Waals surface area (Å²) in [5, 5.41) is 19.3. The van der Waals surface area contributed by atoms with Gasteiger partial charge in [0.25, 0.3) is 10.0 Å². The molecule has 2 N–H and O–H groups in total. The standard InChI is InChI=1S/C19H20N6O3S/c1-19(2,26)14-7-8-20-17(9-14)25-12-15(11-22-25)29(27,28)23-16-6-4-5-13-10-21-24(3)18(13)16/h4-12,23,26H,1-3H3. The van der Waals surface area contributed by atoms with E-state index in [0.717, 1.165) is 5.39 Å². The molecule has 1 aromatic carbocycles. The van der Waals surface area contributed by atoms with Gasteiger partial charge in [0.05, 0.1) is 35.4 Å². The second-order valence-corrected chi connectivity index (χ2v) is 8.88. The van der Waals surface area contributed by atoms with Crippen LogP contribution in [0.25, 0.3) is 16.7 Å². The fourth-order valence-electron chi connectivity index (χ4n) is 3.01. The number of nitrogens with zero attached hydrogens (tertiary/aromatic N) is 5. The predicted molar refractivity (Wildman–Crippen MR) is 108 cm³/mol. The van der Waals surface area contributed by atoms with Crippen molar-refractivity contribution in [3.8, 4) is 5.82 Å². The molecule has 0 saturated carbocycles. The Hall–Kier alpha value is -3.24. The van der Waals surface area contributed by atoms with Crippen LogP contribution in [0.3, 0.4) is 0 Å². The van der Waals surface area contributed by atoms with E-state index in [2.05, 4.69) is 19.9 Å². The van der Waals surface area contributed by atoms with E-state index < -0.39 is 15.6 Å². The number of para-hydroxylation sites is 1. The highest BCUT2D eigenvalue weighted by Crippen LogP contribution is 2.26. The summed E-state index contributed by atoms with van der Waals surface area (Å²) in [5.74, 6) is 0.403. The summed E-state index contributed by atoms with van der Waals surface area (Å²) in [6.07, 6.45) is 5.85. The molecule has 0 aliphatic carbocycles. The van der Waals surface area contributed by atoms with Crippen LogP contribution in [0.2, 0.25) is 0 Å². The number of hydrogen-bond donors (Lipinski definition) is 2. The van der Waals surface area contributed by atoms with Gasteiger partial charge in [0.15, 0.2) is 5.82 Å². The Morgan fingerprint density at radius 3 is 2.69 bits per heavy atom. The summed E-state index contributed by atoms with van der Waals surface area (Å²) in [4.78, 5) is 4.20. The molecule has 0 atom stereocenters. The fraction of sp³-hybridized carbons (Fsp3) is 0.211. The van der Waals surface area contributed by atoms with Gasteiger partial charge in [-0.25, -0.2) is 18.1 Å². The number of anilines is 1. The van der Waals surface area contributed by atoms with Crippen LogP contribution < -0.4 is 4.72 Å². The molecule has 3 heterocycles. The molecule has 0 amide bonds. The first-order chi connectivity index (χ1) is 13.6. The van der Waals surface area contributed by atoms with Crippen LogP contribution >= 0.6 is 0 Å². The Bertz CT molecular complexity index is 1300. The first-order valence-electron chi connectivity index (χ1n) is 8.83. The van der Waals surface area contributed by atoms with Gasteiger partial charge in [-0.3, -0.25) is 9.40 Å². The zero-order chi connectivity index (χ0) is 20.8. The van der Waals surface area contributed by atoms with E-state index in [0.29, 0.717) is 22.6 Å². The Morgan fingerprint density at radius 2 is 1.93 bits per heavy atom. The number of rotatable bonds is 5. The Labute approximate surface area is 167 Å². The van der Waals surface area contributed by atoms with E-state index in [1.807, 2.05) is 6.07 Å². The quantitative estimate of drug-likeness (QED) is 0.519. The van der Waals surface area contributed by atoms with Gasteiger partial charge in [-0.1, -0.05) is 12.1 Å². The summed E-state index contributed by atoms with van der Waals surface area (Å²) < 4.78 is 31.4. The molecule has 0 saturated heterocycles. The van der Waals surface area contributed by atoms with Gasteiger partial charge in [0, 0.05) is 18.6 Å². The monoisotopic (exact) mass is 412 g/mol. The second-order valence-electron chi connectivity index (χ2n) is 7.20. The number of aromatic nitrogens is 5. The van der Waals surface area contributed by atoms with Crippen molar-refractivity contribution in [2.45, 2.75) is 24.3 Å². The summed E-state index contributed by atoms with van der Waals surface area (Å²) in [5.41, 5.74) is 0.701. The van der Waals surface area contributed by atoms with E-state index in [4.69, 9.17) is 0 Å².